The van der Waals surface area contributed by atoms with Crippen LogP contribution in [0.25, 0.3) is 0 Å². The Bertz CT molecular complexity index is 225. The van der Waals surface area contributed by atoms with Crippen LogP contribution in [0.3, 0.4) is 0 Å². The molecule has 1 unspecified atom stereocenters. The lowest BCUT2D eigenvalue weighted by atomic mass is 9.79. The van der Waals surface area contributed by atoms with Crippen molar-refractivity contribution < 1.29 is 23.0 Å². The summed E-state index contributed by atoms with van der Waals surface area (Å²) >= 11 is 0. The van der Waals surface area contributed by atoms with E-state index in [1.54, 1.807) is 0 Å². The molecule has 0 aromatic heterocycles. The molecule has 1 aliphatic rings. The summed E-state index contributed by atoms with van der Waals surface area (Å²) in [6, 6.07) is 0. The molecule has 0 spiro atoms. The number of rotatable bonds is 8. The lowest BCUT2D eigenvalue weighted by Crippen LogP contribution is -2.36. The Balaban J connectivity index is 2.19. The number of nitrogens with two attached hydrogens (primary N) is 1. The molecule has 1 aliphatic carbocycles. The highest BCUT2D eigenvalue weighted by Gasteiger charge is 2.43. The smallest absolute Gasteiger partial charge is 0.396 e. The van der Waals surface area contributed by atoms with Gasteiger partial charge in [-0.15, -0.1) is 0 Å². The van der Waals surface area contributed by atoms with E-state index in [2.05, 4.69) is 4.74 Å². The van der Waals surface area contributed by atoms with Crippen molar-refractivity contribution in [1.29, 1.82) is 0 Å². The highest BCUT2D eigenvalue weighted by Crippen LogP contribution is 2.47. The Morgan fingerprint density at radius 1 is 1.29 bits per heavy atom. The van der Waals surface area contributed by atoms with E-state index in [0.29, 0.717) is 25.3 Å². The van der Waals surface area contributed by atoms with Gasteiger partial charge in [0, 0.05) is 18.6 Å². The molecule has 0 bridgehead atoms. The van der Waals surface area contributed by atoms with E-state index in [-0.39, 0.29) is 18.6 Å². The highest BCUT2D eigenvalue weighted by molar-refractivity contribution is 4.94. The molecule has 0 aromatic rings. The third-order valence-corrected chi connectivity index (χ3v) is 3.39. The molecule has 0 amide bonds. The number of aliphatic hydroxyl groups excluding tert-OH is 1. The maximum absolute atomic E-state index is 11.8. The maximum atomic E-state index is 11.8. The van der Waals surface area contributed by atoms with Crippen LogP contribution in [0, 0.1) is 11.3 Å². The van der Waals surface area contributed by atoms with Gasteiger partial charge in [-0.2, -0.15) is 13.2 Å². The average molecular weight is 255 g/mol. The minimum Gasteiger partial charge on any atom is -0.396 e. The molecule has 1 rings (SSSR count). The largest absolute Gasteiger partial charge is 0.411 e. The summed E-state index contributed by atoms with van der Waals surface area (Å²) in [6.07, 6.45) is -1.02. The van der Waals surface area contributed by atoms with Gasteiger partial charge < -0.3 is 15.6 Å². The fraction of sp³-hybridized carbons (Fsp3) is 1.00. The fourth-order valence-corrected chi connectivity index (χ4v) is 2.16. The van der Waals surface area contributed by atoms with Crippen LogP contribution >= 0.6 is 0 Å². The molecule has 1 saturated carbocycles. The van der Waals surface area contributed by atoms with Crippen molar-refractivity contribution in [3.8, 4) is 0 Å². The summed E-state index contributed by atoms with van der Waals surface area (Å²) in [5.74, 6) is 0.431. The van der Waals surface area contributed by atoms with Crippen LogP contribution in [-0.4, -0.2) is 37.6 Å². The molecule has 3 nitrogen and oxygen atoms in total. The minimum absolute atomic E-state index is 0.00738. The van der Waals surface area contributed by atoms with E-state index in [4.69, 9.17) is 5.73 Å². The zero-order valence-electron chi connectivity index (χ0n) is 9.80. The summed E-state index contributed by atoms with van der Waals surface area (Å²) in [7, 11) is 0. The first-order valence-electron chi connectivity index (χ1n) is 5.89. The second-order valence-electron chi connectivity index (χ2n) is 4.77. The summed E-state index contributed by atoms with van der Waals surface area (Å²) in [6.45, 7) is -0.750. The van der Waals surface area contributed by atoms with Crippen LogP contribution in [0.15, 0.2) is 0 Å². The first kappa shape index (κ1) is 14.7. The predicted octanol–water partition coefficient (Wildman–Crippen LogP) is 1.69. The first-order valence-corrected chi connectivity index (χ1v) is 5.89. The van der Waals surface area contributed by atoms with Gasteiger partial charge in [0.25, 0.3) is 0 Å². The van der Waals surface area contributed by atoms with Crippen molar-refractivity contribution >= 4 is 0 Å². The summed E-state index contributed by atoms with van der Waals surface area (Å²) in [4.78, 5) is 0. The maximum Gasteiger partial charge on any atom is 0.411 e. The third-order valence-electron chi connectivity index (χ3n) is 3.39. The SMILES string of the molecule is NCC(CO)(CCCOCC(F)(F)F)C1CC1. The first-order chi connectivity index (χ1) is 7.93. The number of hydrogen-bond acceptors (Lipinski definition) is 3. The van der Waals surface area contributed by atoms with Crippen LogP contribution in [0.5, 0.6) is 0 Å². The Hall–Kier alpha value is -0.330. The third kappa shape index (κ3) is 4.81. The van der Waals surface area contributed by atoms with E-state index in [1.807, 2.05) is 0 Å². The van der Waals surface area contributed by atoms with Gasteiger partial charge in [-0.25, -0.2) is 0 Å². The molecular weight excluding hydrogens is 235 g/mol. The van der Waals surface area contributed by atoms with Gasteiger partial charge in [-0.1, -0.05) is 0 Å². The standard InChI is InChI=1S/C11H20F3NO2/c12-11(13,14)8-17-5-1-4-10(6-15,7-16)9-2-3-9/h9,16H,1-8,15H2. The van der Waals surface area contributed by atoms with Crippen molar-refractivity contribution in [3.63, 3.8) is 0 Å². The average Bonchev–Trinajstić information content (AvgIpc) is 3.07. The Morgan fingerprint density at radius 3 is 2.35 bits per heavy atom. The molecule has 0 heterocycles. The zero-order chi connectivity index (χ0) is 12.9. The van der Waals surface area contributed by atoms with Crippen molar-refractivity contribution in [2.24, 2.45) is 17.1 Å². The van der Waals surface area contributed by atoms with Gasteiger partial charge in [0.1, 0.15) is 6.61 Å². The molecule has 0 aliphatic heterocycles. The lowest BCUT2D eigenvalue weighted by molar-refractivity contribution is -0.174. The topological polar surface area (TPSA) is 55.5 Å². The van der Waals surface area contributed by atoms with Crippen LogP contribution in [-0.2, 0) is 4.74 Å². The molecule has 17 heavy (non-hydrogen) atoms. The zero-order valence-corrected chi connectivity index (χ0v) is 9.80. The Morgan fingerprint density at radius 2 is 1.94 bits per heavy atom. The Labute approximate surface area is 99.1 Å². The minimum atomic E-state index is -4.27. The van der Waals surface area contributed by atoms with Gasteiger partial charge in [0.05, 0.1) is 6.61 Å². The summed E-state index contributed by atoms with van der Waals surface area (Å²) in [5.41, 5.74) is 5.36. The summed E-state index contributed by atoms with van der Waals surface area (Å²) in [5, 5.41) is 9.37. The van der Waals surface area contributed by atoms with Crippen molar-refractivity contribution in [1.82, 2.24) is 0 Å². The monoisotopic (exact) mass is 255 g/mol. The molecule has 3 N–H and O–H groups in total. The normalized spacial score (nSPS) is 20.3. The predicted molar refractivity (Wildman–Crippen MR) is 57.4 cm³/mol. The summed E-state index contributed by atoms with van der Waals surface area (Å²) < 4.78 is 39.9. The molecule has 0 radical (unpaired) electrons. The number of halogens is 3. The van der Waals surface area contributed by atoms with Crippen LogP contribution in [0.2, 0.25) is 0 Å². The van der Waals surface area contributed by atoms with Crippen LogP contribution in [0.1, 0.15) is 25.7 Å². The van der Waals surface area contributed by atoms with Gasteiger partial charge in [0.15, 0.2) is 0 Å². The number of hydrogen-bond donors (Lipinski definition) is 2. The van der Waals surface area contributed by atoms with E-state index in [0.717, 1.165) is 12.8 Å². The molecular formula is C11H20F3NO2. The van der Waals surface area contributed by atoms with Crippen LogP contribution < -0.4 is 5.73 Å². The number of ether oxygens (including phenoxy) is 1. The van der Waals surface area contributed by atoms with E-state index >= 15 is 0 Å². The van der Waals surface area contributed by atoms with Crippen LogP contribution in [0.4, 0.5) is 13.2 Å². The molecule has 102 valence electrons. The number of aliphatic hydroxyl groups is 1. The molecule has 1 atom stereocenters. The second-order valence-corrected chi connectivity index (χ2v) is 4.77. The number of alkyl halides is 3. The quantitative estimate of drug-likeness (QED) is 0.649. The highest BCUT2D eigenvalue weighted by atomic mass is 19.4. The van der Waals surface area contributed by atoms with E-state index < -0.39 is 12.8 Å². The van der Waals surface area contributed by atoms with E-state index in [9.17, 15) is 18.3 Å². The molecule has 1 fully saturated rings. The van der Waals surface area contributed by atoms with Gasteiger partial charge in [-0.05, 0) is 31.6 Å². The molecule has 0 saturated heterocycles. The lowest BCUT2D eigenvalue weighted by Gasteiger charge is -2.30. The molecule has 0 aromatic carbocycles. The van der Waals surface area contributed by atoms with E-state index in [1.165, 1.54) is 0 Å². The van der Waals surface area contributed by atoms with Crippen molar-refractivity contribution in [2.75, 3.05) is 26.4 Å². The Kier molecular flexibility index (Phi) is 5.22. The van der Waals surface area contributed by atoms with Crippen molar-refractivity contribution in [3.05, 3.63) is 0 Å². The molecule has 6 heteroatoms. The van der Waals surface area contributed by atoms with Gasteiger partial charge in [-0.3, -0.25) is 0 Å². The van der Waals surface area contributed by atoms with Crippen molar-refractivity contribution in [2.45, 2.75) is 31.9 Å². The second kappa shape index (κ2) is 6.02. The fourth-order valence-electron chi connectivity index (χ4n) is 2.16. The van der Waals surface area contributed by atoms with Gasteiger partial charge in [0.2, 0.25) is 0 Å². The van der Waals surface area contributed by atoms with Gasteiger partial charge >= 0.3 is 6.18 Å².